The van der Waals surface area contributed by atoms with Crippen molar-refractivity contribution in [3.05, 3.63) is 70.8 Å². The van der Waals surface area contributed by atoms with Crippen LogP contribution in [0, 0.1) is 0 Å². The standard InChI is InChI=1S/C15H12BrN3O/c16-10-14-17-13-9-5-4-8-12(13)15(20)19(14)18-11-6-2-1-3-7-11/h1-9,18H,10H2. The van der Waals surface area contributed by atoms with Crippen molar-refractivity contribution in [3.63, 3.8) is 0 Å². The molecule has 0 amide bonds. The van der Waals surface area contributed by atoms with Gasteiger partial charge in [0.25, 0.3) is 5.56 Å². The molecule has 0 aliphatic rings. The number of halogens is 1. The number of anilines is 1. The average molecular weight is 330 g/mol. The van der Waals surface area contributed by atoms with Crippen molar-refractivity contribution in [2.45, 2.75) is 5.33 Å². The van der Waals surface area contributed by atoms with Gasteiger partial charge in [0.15, 0.2) is 0 Å². The number of hydrogen-bond acceptors (Lipinski definition) is 3. The summed E-state index contributed by atoms with van der Waals surface area (Å²) in [6.07, 6.45) is 0. The molecule has 3 rings (SSSR count). The molecule has 0 fully saturated rings. The summed E-state index contributed by atoms with van der Waals surface area (Å²) in [6, 6.07) is 16.9. The van der Waals surface area contributed by atoms with E-state index in [9.17, 15) is 4.79 Å². The van der Waals surface area contributed by atoms with E-state index in [-0.39, 0.29) is 5.56 Å². The second-order valence-electron chi connectivity index (χ2n) is 4.30. The van der Waals surface area contributed by atoms with Crippen molar-refractivity contribution < 1.29 is 0 Å². The van der Waals surface area contributed by atoms with Crippen LogP contribution in [0.25, 0.3) is 10.9 Å². The van der Waals surface area contributed by atoms with E-state index in [0.717, 1.165) is 5.69 Å². The SMILES string of the molecule is O=c1c2ccccc2nc(CBr)n1Nc1ccccc1. The molecule has 1 aromatic heterocycles. The summed E-state index contributed by atoms with van der Waals surface area (Å²) in [5.74, 6) is 0.637. The molecule has 20 heavy (non-hydrogen) atoms. The van der Waals surface area contributed by atoms with Crippen molar-refractivity contribution in [1.29, 1.82) is 0 Å². The Kier molecular flexibility index (Phi) is 3.52. The molecule has 3 aromatic rings. The summed E-state index contributed by atoms with van der Waals surface area (Å²) in [7, 11) is 0. The summed E-state index contributed by atoms with van der Waals surface area (Å²) in [6.45, 7) is 0. The predicted molar refractivity (Wildman–Crippen MR) is 84.1 cm³/mol. The van der Waals surface area contributed by atoms with Crippen LogP contribution in [0.2, 0.25) is 0 Å². The van der Waals surface area contributed by atoms with Gasteiger partial charge in [0.05, 0.1) is 21.9 Å². The highest BCUT2D eigenvalue weighted by atomic mass is 79.9. The van der Waals surface area contributed by atoms with Crippen molar-refractivity contribution in [1.82, 2.24) is 9.66 Å². The maximum atomic E-state index is 12.6. The molecule has 0 saturated heterocycles. The van der Waals surface area contributed by atoms with Gasteiger partial charge in [0.1, 0.15) is 5.82 Å². The maximum Gasteiger partial charge on any atom is 0.280 e. The second kappa shape index (κ2) is 5.46. The van der Waals surface area contributed by atoms with E-state index in [1.165, 1.54) is 4.68 Å². The molecule has 4 nitrogen and oxygen atoms in total. The van der Waals surface area contributed by atoms with Gasteiger partial charge in [-0.2, -0.15) is 0 Å². The molecule has 0 bridgehead atoms. The first-order valence-corrected chi connectivity index (χ1v) is 7.30. The van der Waals surface area contributed by atoms with Gasteiger partial charge in [-0.05, 0) is 24.3 Å². The molecule has 1 heterocycles. The molecule has 0 atom stereocenters. The largest absolute Gasteiger partial charge is 0.290 e. The number of alkyl halides is 1. The van der Waals surface area contributed by atoms with Crippen LogP contribution < -0.4 is 11.0 Å². The maximum absolute atomic E-state index is 12.6. The van der Waals surface area contributed by atoms with E-state index >= 15 is 0 Å². The second-order valence-corrected chi connectivity index (χ2v) is 4.86. The summed E-state index contributed by atoms with van der Waals surface area (Å²) in [4.78, 5) is 17.1. The van der Waals surface area contributed by atoms with Crippen LogP contribution >= 0.6 is 15.9 Å². The van der Waals surface area contributed by atoms with Gasteiger partial charge in [0, 0.05) is 0 Å². The zero-order chi connectivity index (χ0) is 13.9. The van der Waals surface area contributed by atoms with Crippen LogP contribution in [0.3, 0.4) is 0 Å². The minimum Gasteiger partial charge on any atom is -0.290 e. The topological polar surface area (TPSA) is 46.9 Å². The van der Waals surface area contributed by atoms with Gasteiger partial charge < -0.3 is 0 Å². The summed E-state index contributed by atoms with van der Waals surface area (Å²) < 4.78 is 1.48. The summed E-state index contributed by atoms with van der Waals surface area (Å²) in [5, 5.41) is 1.09. The fraction of sp³-hybridized carbons (Fsp3) is 0.0667. The Balaban J connectivity index is 2.18. The Hall–Kier alpha value is -2.14. The van der Waals surface area contributed by atoms with Crippen LogP contribution in [0.5, 0.6) is 0 Å². The molecule has 0 unspecified atom stereocenters. The first-order chi connectivity index (χ1) is 9.79. The van der Waals surface area contributed by atoms with E-state index in [2.05, 4.69) is 26.3 Å². The van der Waals surface area contributed by atoms with E-state index in [1.807, 2.05) is 48.5 Å². The molecule has 0 aliphatic heterocycles. The quantitative estimate of drug-likeness (QED) is 0.751. The van der Waals surface area contributed by atoms with Gasteiger partial charge in [0.2, 0.25) is 0 Å². The molecule has 5 heteroatoms. The zero-order valence-electron chi connectivity index (χ0n) is 10.6. The lowest BCUT2D eigenvalue weighted by Crippen LogP contribution is -2.30. The monoisotopic (exact) mass is 329 g/mol. The number of rotatable bonds is 3. The van der Waals surface area contributed by atoms with Crippen LogP contribution in [0.1, 0.15) is 5.82 Å². The minimum absolute atomic E-state index is 0.103. The molecule has 0 radical (unpaired) electrons. The number of aromatic nitrogens is 2. The lowest BCUT2D eigenvalue weighted by molar-refractivity contribution is 0.820. The third kappa shape index (κ3) is 2.32. The van der Waals surface area contributed by atoms with E-state index in [1.54, 1.807) is 6.07 Å². The Labute approximate surface area is 124 Å². The third-order valence-corrected chi connectivity index (χ3v) is 3.48. The van der Waals surface area contributed by atoms with E-state index < -0.39 is 0 Å². The van der Waals surface area contributed by atoms with E-state index in [4.69, 9.17) is 0 Å². The van der Waals surface area contributed by atoms with Crippen molar-refractivity contribution in [2.24, 2.45) is 0 Å². The smallest absolute Gasteiger partial charge is 0.280 e. The predicted octanol–water partition coefficient (Wildman–Crippen LogP) is 3.17. The molecule has 1 N–H and O–H groups in total. The number of hydrogen-bond donors (Lipinski definition) is 1. The van der Waals surface area contributed by atoms with Gasteiger partial charge in [-0.3, -0.25) is 10.2 Å². The zero-order valence-corrected chi connectivity index (χ0v) is 12.2. The molecule has 0 aliphatic carbocycles. The number of benzene rings is 2. The first-order valence-electron chi connectivity index (χ1n) is 6.18. The third-order valence-electron chi connectivity index (χ3n) is 2.98. The van der Waals surface area contributed by atoms with Crippen LogP contribution in [0.4, 0.5) is 5.69 Å². The Bertz CT molecular complexity index is 799. The minimum atomic E-state index is -0.103. The fourth-order valence-corrected chi connectivity index (χ4v) is 2.40. The Morgan fingerprint density at radius 2 is 1.75 bits per heavy atom. The molecule has 100 valence electrons. The van der Waals surface area contributed by atoms with Gasteiger partial charge in [-0.25, -0.2) is 9.66 Å². The highest BCUT2D eigenvalue weighted by molar-refractivity contribution is 9.08. The summed E-state index contributed by atoms with van der Waals surface area (Å²) >= 11 is 3.38. The van der Waals surface area contributed by atoms with Crippen molar-refractivity contribution >= 4 is 32.5 Å². The lowest BCUT2D eigenvalue weighted by atomic mass is 10.2. The van der Waals surface area contributed by atoms with E-state index in [0.29, 0.717) is 22.1 Å². The van der Waals surface area contributed by atoms with Crippen molar-refractivity contribution in [3.8, 4) is 0 Å². The molecule has 0 spiro atoms. The Morgan fingerprint density at radius 3 is 2.50 bits per heavy atom. The van der Waals surface area contributed by atoms with Crippen LogP contribution in [-0.2, 0) is 5.33 Å². The average Bonchev–Trinajstić information content (AvgIpc) is 2.51. The molecule has 2 aromatic carbocycles. The number of nitrogens with zero attached hydrogens (tertiary/aromatic N) is 2. The van der Waals surface area contributed by atoms with Gasteiger partial charge in [-0.1, -0.05) is 46.3 Å². The summed E-state index contributed by atoms with van der Waals surface area (Å²) in [5.41, 5.74) is 4.54. The molecule has 0 saturated carbocycles. The first kappa shape index (κ1) is 12.9. The van der Waals surface area contributed by atoms with Crippen LogP contribution in [0.15, 0.2) is 59.4 Å². The van der Waals surface area contributed by atoms with Gasteiger partial charge >= 0.3 is 0 Å². The number of para-hydroxylation sites is 2. The van der Waals surface area contributed by atoms with Crippen LogP contribution in [-0.4, -0.2) is 9.66 Å². The number of nitrogens with one attached hydrogen (secondary N) is 1. The highest BCUT2D eigenvalue weighted by Gasteiger charge is 2.09. The Morgan fingerprint density at radius 1 is 1.05 bits per heavy atom. The number of fused-ring (bicyclic) bond motifs is 1. The molecular formula is C15H12BrN3O. The molecular weight excluding hydrogens is 318 g/mol. The van der Waals surface area contributed by atoms with Crippen molar-refractivity contribution in [2.75, 3.05) is 5.43 Å². The lowest BCUT2D eigenvalue weighted by Gasteiger charge is -2.13. The normalized spacial score (nSPS) is 10.7. The highest BCUT2D eigenvalue weighted by Crippen LogP contribution is 2.11. The van der Waals surface area contributed by atoms with Gasteiger partial charge in [-0.15, -0.1) is 0 Å². The fourth-order valence-electron chi connectivity index (χ4n) is 2.03.